The quantitative estimate of drug-likeness (QED) is 0.549. The van der Waals surface area contributed by atoms with Crippen LogP contribution < -0.4 is 19.8 Å². The molecule has 0 aliphatic rings. The standard InChI is InChI=1S/C16H13FO5/c1-19-8-4-5-9-10(6-8)13-11(17)7-12(20-2)14(21-3)15(13)22-16(9)18/h4-7H,1-3H3. The molecule has 0 saturated carbocycles. The van der Waals surface area contributed by atoms with E-state index in [1.165, 1.54) is 33.5 Å². The van der Waals surface area contributed by atoms with Gasteiger partial charge < -0.3 is 18.6 Å². The van der Waals surface area contributed by atoms with Gasteiger partial charge >= 0.3 is 5.63 Å². The van der Waals surface area contributed by atoms with E-state index >= 15 is 0 Å². The molecule has 0 spiro atoms. The summed E-state index contributed by atoms with van der Waals surface area (Å²) in [7, 11) is 4.27. The average Bonchev–Trinajstić information content (AvgIpc) is 2.53. The van der Waals surface area contributed by atoms with Crippen LogP contribution in [0.15, 0.2) is 33.5 Å². The summed E-state index contributed by atoms with van der Waals surface area (Å²) < 4.78 is 35.2. The van der Waals surface area contributed by atoms with E-state index in [2.05, 4.69) is 0 Å². The molecule has 0 unspecified atom stereocenters. The Kier molecular flexibility index (Phi) is 3.36. The smallest absolute Gasteiger partial charge is 0.344 e. The first-order valence-corrected chi connectivity index (χ1v) is 6.45. The Morgan fingerprint density at radius 3 is 2.41 bits per heavy atom. The van der Waals surface area contributed by atoms with Crippen LogP contribution in [-0.4, -0.2) is 21.3 Å². The molecule has 5 nitrogen and oxygen atoms in total. The van der Waals surface area contributed by atoms with Crippen LogP contribution in [0.1, 0.15) is 0 Å². The molecule has 0 aliphatic carbocycles. The highest BCUT2D eigenvalue weighted by Crippen LogP contribution is 2.39. The molecule has 114 valence electrons. The molecule has 0 fully saturated rings. The molecule has 0 amide bonds. The predicted octanol–water partition coefficient (Wildman–Crippen LogP) is 3.11. The molecule has 6 heteroatoms. The zero-order valence-corrected chi connectivity index (χ0v) is 12.2. The van der Waals surface area contributed by atoms with Gasteiger partial charge in [-0.2, -0.15) is 0 Å². The van der Waals surface area contributed by atoms with E-state index in [9.17, 15) is 9.18 Å². The molecule has 0 saturated heterocycles. The fraction of sp³-hybridized carbons (Fsp3) is 0.188. The van der Waals surface area contributed by atoms with E-state index in [1.807, 2.05) is 0 Å². The van der Waals surface area contributed by atoms with Crippen molar-refractivity contribution in [2.24, 2.45) is 0 Å². The van der Waals surface area contributed by atoms with Crippen molar-refractivity contribution in [3.63, 3.8) is 0 Å². The van der Waals surface area contributed by atoms with E-state index < -0.39 is 11.4 Å². The second-order valence-corrected chi connectivity index (χ2v) is 4.60. The van der Waals surface area contributed by atoms with Crippen LogP contribution in [0.4, 0.5) is 4.39 Å². The SMILES string of the molecule is COc1ccc2c(=O)oc3c(OC)c(OC)cc(F)c3c2c1. The first kappa shape index (κ1) is 14.2. The van der Waals surface area contributed by atoms with Crippen molar-refractivity contribution in [3.05, 3.63) is 40.5 Å². The molecule has 3 aromatic rings. The van der Waals surface area contributed by atoms with Crippen LogP contribution in [0, 0.1) is 5.82 Å². The number of fused-ring (bicyclic) bond motifs is 3. The van der Waals surface area contributed by atoms with Crippen LogP contribution in [0.25, 0.3) is 21.7 Å². The van der Waals surface area contributed by atoms with Crippen molar-refractivity contribution < 1.29 is 23.0 Å². The third-order valence-electron chi connectivity index (χ3n) is 3.49. The maximum absolute atomic E-state index is 14.5. The number of ether oxygens (including phenoxy) is 3. The normalized spacial score (nSPS) is 10.9. The molecule has 3 rings (SSSR count). The summed E-state index contributed by atoms with van der Waals surface area (Å²) in [6, 6.07) is 5.93. The summed E-state index contributed by atoms with van der Waals surface area (Å²) in [5.41, 5.74) is -0.582. The Morgan fingerprint density at radius 2 is 1.77 bits per heavy atom. The number of benzene rings is 2. The second-order valence-electron chi connectivity index (χ2n) is 4.60. The molecule has 0 N–H and O–H groups in total. The zero-order valence-electron chi connectivity index (χ0n) is 12.2. The lowest BCUT2D eigenvalue weighted by molar-refractivity contribution is 0.350. The third-order valence-corrected chi connectivity index (χ3v) is 3.49. The molecule has 2 aromatic carbocycles. The fourth-order valence-electron chi connectivity index (χ4n) is 2.46. The molecule has 1 aromatic heterocycles. The first-order chi connectivity index (χ1) is 10.6. The number of methoxy groups -OCH3 is 3. The molecule has 0 bridgehead atoms. The van der Waals surface area contributed by atoms with Gasteiger partial charge in [-0.3, -0.25) is 0 Å². The molecule has 22 heavy (non-hydrogen) atoms. The van der Waals surface area contributed by atoms with E-state index in [-0.39, 0.29) is 27.9 Å². The minimum atomic E-state index is -0.587. The molecular formula is C16H13FO5. The average molecular weight is 304 g/mol. The van der Waals surface area contributed by atoms with Crippen LogP contribution in [-0.2, 0) is 0 Å². The number of rotatable bonds is 3. The lowest BCUT2D eigenvalue weighted by Gasteiger charge is -2.12. The minimum absolute atomic E-state index is 0.00473. The minimum Gasteiger partial charge on any atom is -0.497 e. The molecule has 0 aliphatic heterocycles. The van der Waals surface area contributed by atoms with E-state index in [1.54, 1.807) is 12.1 Å². The van der Waals surface area contributed by atoms with Gasteiger partial charge in [0.15, 0.2) is 11.3 Å². The maximum Gasteiger partial charge on any atom is 0.344 e. The molecule has 1 heterocycles. The van der Waals surface area contributed by atoms with Gasteiger partial charge in [0.05, 0.1) is 32.1 Å². The molecule has 0 atom stereocenters. The number of hydrogen-bond donors (Lipinski definition) is 0. The summed E-state index contributed by atoms with van der Waals surface area (Å²) >= 11 is 0. The predicted molar refractivity (Wildman–Crippen MR) is 79.6 cm³/mol. The largest absolute Gasteiger partial charge is 0.497 e. The zero-order chi connectivity index (χ0) is 15.9. The van der Waals surface area contributed by atoms with Crippen LogP contribution in [0.5, 0.6) is 17.2 Å². The van der Waals surface area contributed by atoms with Crippen LogP contribution >= 0.6 is 0 Å². The maximum atomic E-state index is 14.5. The Labute approximate surface area is 124 Å². The summed E-state index contributed by atoms with van der Waals surface area (Å²) in [5.74, 6) is 0.252. The van der Waals surface area contributed by atoms with Crippen LogP contribution in [0.3, 0.4) is 0 Å². The third kappa shape index (κ3) is 1.95. The van der Waals surface area contributed by atoms with Gasteiger partial charge in [0.2, 0.25) is 5.75 Å². The van der Waals surface area contributed by atoms with Crippen molar-refractivity contribution in [2.75, 3.05) is 21.3 Å². The van der Waals surface area contributed by atoms with Crippen molar-refractivity contribution in [1.82, 2.24) is 0 Å². The van der Waals surface area contributed by atoms with Gasteiger partial charge in [-0.15, -0.1) is 0 Å². The topological polar surface area (TPSA) is 57.9 Å². The summed E-state index contributed by atoms with van der Waals surface area (Å²) in [6.45, 7) is 0. The van der Waals surface area contributed by atoms with E-state index in [4.69, 9.17) is 18.6 Å². The van der Waals surface area contributed by atoms with Crippen molar-refractivity contribution >= 4 is 21.7 Å². The Balaban J connectivity index is 2.58. The Hall–Kier alpha value is -2.76. The highest BCUT2D eigenvalue weighted by molar-refractivity contribution is 6.07. The Bertz CT molecular complexity index is 929. The highest BCUT2D eigenvalue weighted by atomic mass is 19.1. The number of halogens is 1. The highest BCUT2D eigenvalue weighted by Gasteiger charge is 2.20. The van der Waals surface area contributed by atoms with E-state index in [0.29, 0.717) is 11.1 Å². The monoisotopic (exact) mass is 304 g/mol. The van der Waals surface area contributed by atoms with Gasteiger partial charge in [0, 0.05) is 11.5 Å². The fourth-order valence-corrected chi connectivity index (χ4v) is 2.46. The Morgan fingerprint density at radius 1 is 1.00 bits per heavy atom. The molecular weight excluding hydrogens is 291 g/mol. The van der Waals surface area contributed by atoms with Gasteiger partial charge in [-0.1, -0.05) is 0 Å². The van der Waals surface area contributed by atoms with Crippen molar-refractivity contribution in [1.29, 1.82) is 0 Å². The summed E-state index contributed by atoms with van der Waals surface area (Å²) in [5, 5.41) is 0.801. The van der Waals surface area contributed by atoms with Gasteiger partial charge in [0.25, 0.3) is 0 Å². The van der Waals surface area contributed by atoms with Gasteiger partial charge in [-0.25, -0.2) is 9.18 Å². The van der Waals surface area contributed by atoms with Crippen molar-refractivity contribution in [3.8, 4) is 17.2 Å². The number of hydrogen-bond acceptors (Lipinski definition) is 5. The lowest BCUT2D eigenvalue weighted by Crippen LogP contribution is -2.03. The second kappa shape index (κ2) is 5.22. The summed E-state index contributed by atoms with van der Waals surface area (Å²) in [4.78, 5) is 12.1. The van der Waals surface area contributed by atoms with Gasteiger partial charge in [-0.05, 0) is 18.2 Å². The van der Waals surface area contributed by atoms with Crippen molar-refractivity contribution in [2.45, 2.75) is 0 Å². The van der Waals surface area contributed by atoms with Gasteiger partial charge in [0.1, 0.15) is 11.6 Å². The summed E-state index contributed by atoms with van der Waals surface area (Å²) in [6.07, 6.45) is 0. The first-order valence-electron chi connectivity index (χ1n) is 6.45. The van der Waals surface area contributed by atoms with Crippen LogP contribution in [0.2, 0.25) is 0 Å². The van der Waals surface area contributed by atoms with E-state index in [0.717, 1.165) is 0 Å². The lowest BCUT2D eigenvalue weighted by atomic mass is 10.1. The molecule has 0 radical (unpaired) electrons.